The monoisotopic (exact) mass is 360 g/mol. The number of hydrogen-bond acceptors (Lipinski definition) is 3. The molecule has 1 heterocycles. The maximum Gasteiger partial charge on any atom is 0.129 e. The summed E-state index contributed by atoms with van der Waals surface area (Å²) < 4.78 is 34.4. The molecule has 0 saturated heterocycles. The van der Waals surface area contributed by atoms with Crippen LogP contribution in [0.5, 0.6) is 0 Å². The Morgan fingerprint density at radius 3 is 2.67 bits per heavy atom. The third kappa shape index (κ3) is 3.66. The van der Waals surface area contributed by atoms with E-state index in [2.05, 4.69) is 21.0 Å². The molecule has 1 unspecified atom stereocenters. The number of nitrogens with zero attached hydrogens (tertiary/aromatic N) is 2. The number of aromatic nitrogens is 2. The zero-order valence-corrected chi connectivity index (χ0v) is 13.0. The summed E-state index contributed by atoms with van der Waals surface area (Å²) >= 11 is 3.29. The first-order valence-corrected chi connectivity index (χ1v) is 7.15. The van der Waals surface area contributed by atoms with Gasteiger partial charge in [-0.05, 0) is 28.1 Å². The van der Waals surface area contributed by atoms with Crippen molar-refractivity contribution in [2.24, 2.45) is 0 Å². The van der Waals surface area contributed by atoms with Gasteiger partial charge in [-0.1, -0.05) is 6.07 Å². The normalized spacial score (nSPS) is 12.6. The number of rotatable bonds is 6. The van der Waals surface area contributed by atoms with Gasteiger partial charge in [-0.2, -0.15) is 5.10 Å². The number of aliphatic hydroxyl groups is 1. The van der Waals surface area contributed by atoms with Gasteiger partial charge in [0.15, 0.2) is 0 Å². The van der Waals surface area contributed by atoms with Gasteiger partial charge in [0.05, 0.1) is 29.5 Å². The van der Waals surface area contributed by atoms with Crippen molar-refractivity contribution < 1.29 is 18.6 Å². The van der Waals surface area contributed by atoms with Crippen LogP contribution in [0.15, 0.2) is 28.9 Å². The first-order chi connectivity index (χ1) is 10.0. The van der Waals surface area contributed by atoms with Crippen molar-refractivity contribution in [2.45, 2.75) is 19.1 Å². The average Bonchev–Trinajstić information content (AvgIpc) is 2.81. The van der Waals surface area contributed by atoms with Crippen LogP contribution in [0.4, 0.5) is 8.78 Å². The topological polar surface area (TPSA) is 47.3 Å². The Bertz CT molecular complexity index is 599. The molecule has 2 rings (SSSR count). The van der Waals surface area contributed by atoms with Crippen molar-refractivity contribution in [1.29, 1.82) is 0 Å². The fourth-order valence-electron chi connectivity index (χ4n) is 2.08. The molecule has 0 aliphatic heterocycles. The second-order valence-electron chi connectivity index (χ2n) is 4.51. The Labute approximate surface area is 129 Å². The largest absolute Gasteiger partial charge is 0.386 e. The van der Waals surface area contributed by atoms with Crippen LogP contribution in [0.3, 0.4) is 0 Å². The molecule has 0 amide bonds. The molecule has 0 radical (unpaired) electrons. The van der Waals surface area contributed by atoms with E-state index in [-0.39, 0.29) is 12.0 Å². The lowest BCUT2D eigenvalue weighted by Crippen LogP contribution is -2.15. The zero-order chi connectivity index (χ0) is 15.4. The van der Waals surface area contributed by atoms with Gasteiger partial charge in [-0.15, -0.1) is 0 Å². The standard InChI is InChI=1S/C14H15BrF2N2O2/c1-21-6-5-19-14(10(15)8-18-19)13(20)7-9-11(16)3-2-4-12(9)17/h2-4,8,13,20H,5-7H2,1H3. The first kappa shape index (κ1) is 16.1. The molecular weight excluding hydrogens is 346 g/mol. The molecule has 0 bridgehead atoms. The van der Waals surface area contributed by atoms with Crippen LogP contribution in [-0.4, -0.2) is 28.6 Å². The van der Waals surface area contributed by atoms with Crippen molar-refractivity contribution in [3.63, 3.8) is 0 Å². The van der Waals surface area contributed by atoms with Crippen molar-refractivity contribution in [1.82, 2.24) is 9.78 Å². The predicted octanol–water partition coefficient (Wildman–Crippen LogP) is 2.85. The minimum absolute atomic E-state index is 0.142. The van der Waals surface area contributed by atoms with E-state index in [1.54, 1.807) is 11.8 Å². The second-order valence-corrected chi connectivity index (χ2v) is 5.37. The van der Waals surface area contributed by atoms with E-state index in [1.807, 2.05) is 0 Å². The van der Waals surface area contributed by atoms with Crippen LogP contribution in [-0.2, 0) is 17.7 Å². The maximum atomic E-state index is 13.7. The minimum Gasteiger partial charge on any atom is -0.386 e. The van der Waals surface area contributed by atoms with Gasteiger partial charge in [0.2, 0.25) is 0 Å². The number of aliphatic hydroxyl groups excluding tert-OH is 1. The van der Waals surface area contributed by atoms with Gasteiger partial charge in [-0.3, -0.25) is 4.68 Å². The molecule has 1 aromatic carbocycles. The fraction of sp³-hybridized carbons (Fsp3) is 0.357. The summed E-state index contributed by atoms with van der Waals surface area (Å²) in [5.41, 5.74) is 0.325. The molecule has 1 N–H and O–H groups in total. The molecule has 2 aromatic rings. The molecular formula is C14H15BrF2N2O2. The Kier molecular flexibility index (Phi) is 5.44. The van der Waals surface area contributed by atoms with Crippen molar-refractivity contribution in [3.05, 3.63) is 51.8 Å². The Hall–Kier alpha value is -1.31. The SMILES string of the molecule is COCCn1ncc(Br)c1C(O)Cc1c(F)cccc1F. The number of benzene rings is 1. The van der Waals surface area contributed by atoms with E-state index in [0.29, 0.717) is 23.3 Å². The summed E-state index contributed by atoms with van der Waals surface area (Å²) in [6.45, 7) is 0.857. The third-order valence-electron chi connectivity index (χ3n) is 3.12. The summed E-state index contributed by atoms with van der Waals surface area (Å²) in [4.78, 5) is 0. The smallest absolute Gasteiger partial charge is 0.129 e. The van der Waals surface area contributed by atoms with E-state index in [4.69, 9.17) is 4.74 Å². The van der Waals surface area contributed by atoms with Crippen molar-refractivity contribution in [2.75, 3.05) is 13.7 Å². The maximum absolute atomic E-state index is 13.7. The molecule has 1 atom stereocenters. The molecule has 1 aromatic heterocycles. The van der Waals surface area contributed by atoms with Gasteiger partial charge in [0.25, 0.3) is 0 Å². The fourth-order valence-corrected chi connectivity index (χ4v) is 2.64. The molecule has 0 fully saturated rings. The molecule has 21 heavy (non-hydrogen) atoms. The van der Waals surface area contributed by atoms with Gasteiger partial charge in [0, 0.05) is 19.1 Å². The highest BCUT2D eigenvalue weighted by molar-refractivity contribution is 9.10. The van der Waals surface area contributed by atoms with Gasteiger partial charge in [-0.25, -0.2) is 8.78 Å². The lowest BCUT2D eigenvalue weighted by molar-refractivity contribution is 0.151. The number of halogens is 3. The van der Waals surface area contributed by atoms with E-state index in [9.17, 15) is 13.9 Å². The average molecular weight is 361 g/mol. The number of methoxy groups -OCH3 is 1. The van der Waals surface area contributed by atoms with E-state index < -0.39 is 17.7 Å². The predicted molar refractivity (Wildman–Crippen MR) is 76.8 cm³/mol. The van der Waals surface area contributed by atoms with Crippen molar-refractivity contribution >= 4 is 15.9 Å². The molecule has 4 nitrogen and oxygen atoms in total. The zero-order valence-electron chi connectivity index (χ0n) is 11.4. The summed E-state index contributed by atoms with van der Waals surface area (Å²) in [5.74, 6) is -1.35. The number of ether oxygens (including phenoxy) is 1. The third-order valence-corrected chi connectivity index (χ3v) is 3.73. The molecule has 0 aliphatic rings. The lowest BCUT2D eigenvalue weighted by Gasteiger charge is -2.15. The Morgan fingerprint density at radius 2 is 2.05 bits per heavy atom. The highest BCUT2D eigenvalue weighted by Gasteiger charge is 2.21. The van der Waals surface area contributed by atoms with E-state index in [0.717, 1.165) is 0 Å². The second kappa shape index (κ2) is 7.11. The Morgan fingerprint density at radius 1 is 1.38 bits per heavy atom. The van der Waals surface area contributed by atoms with Crippen LogP contribution in [0.25, 0.3) is 0 Å². The summed E-state index contributed by atoms with van der Waals surface area (Å²) in [5, 5.41) is 14.4. The Balaban J connectivity index is 2.24. The van der Waals surface area contributed by atoms with E-state index in [1.165, 1.54) is 24.4 Å². The quantitative estimate of drug-likeness (QED) is 0.861. The summed E-state index contributed by atoms with van der Waals surface area (Å²) in [7, 11) is 1.56. The summed E-state index contributed by atoms with van der Waals surface area (Å²) in [6, 6.07) is 3.63. The minimum atomic E-state index is -1.08. The van der Waals surface area contributed by atoms with Crippen LogP contribution < -0.4 is 0 Å². The highest BCUT2D eigenvalue weighted by Crippen LogP contribution is 2.27. The van der Waals surface area contributed by atoms with E-state index >= 15 is 0 Å². The van der Waals surface area contributed by atoms with Crippen molar-refractivity contribution in [3.8, 4) is 0 Å². The highest BCUT2D eigenvalue weighted by atomic mass is 79.9. The van der Waals surface area contributed by atoms with Crippen LogP contribution in [0.2, 0.25) is 0 Å². The first-order valence-electron chi connectivity index (χ1n) is 6.35. The van der Waals surface area contributed by atoms with Crippen LogP contribution >= 0.6 is 15.9 Å². The molecule has 7 heteroatoms. The van der Waals surface area contributed by atoms with Gasteiger partial charge >= 0.3 is 0 Å². The summed E-state index contributed by atoms with van der Waals surface area (Å²) in [6.07, 6.45) is 0.284. The molecule has 0 spiro atoms. The van der Waals surface area contributed by atoms with Crippen LogP contribution in [0.1, 0.15) is 17.4 Å². The number of hydrogen-bond donors (Lipinski definition) is 1. The van der Waals surface area contributed by atoms with Crippen LogP contribution in [0, 0.1) is 11.6 Å². The molecule has 114 valence electrons. The molecule has 0 aliphatic carbocycles. The van der Waals surface area contributed by atoms with Gasteiger partial charge in [0.1, 0.15) is 17.7 Å². The molecule has 0 saturated carbocycles. The van der Waals surface area contributed by atoms with Gasteiger partial charge < -0.3 is 9.84 Å². The lowest BCUT2D eigenvalue weighted by atomic mass is 10.0.